The van der Waals surface area contributed by atoms with Crippen molar-refractivity contribution in [3.05, 3.63) is 29.8 Å². The third kappa shape index (κ3) is 4.75. The van der Waals surface area contributed by atoms with Gasteiger partial charge in [0.1, 0.15) is 5.75 Å². The summed E-state index contributed by atoms with van der Waals surface area (Å²) in [6.45, 7) is 6.33. The minimum atomic E-state index is 0.247. The van der Waals surface area contributed by atoms with Gasteiger partial charge >= 0.3 is 0 Å². The summed E-state index contributed by atoms with van der Waals surface area (Å²) < 4.78 is 11.0. The summed E-state index contributed by atoms with van der Waals surface area (Å²) >= 11 is 0. The van der Waals surface area contributed by atoms with Crippen LogP contribution in [0.25, 0.3) is 0 Å². The largest absolute Gasteiger partial charge is 0.494 e. The fourth-order valence-corrected chi connectivity index (χ4v) is 1.65. The van der Waals surface area contributed by atoms with Crippen molar-refractivity contribution in [3.63, 3.8) is 0 Å². The van der Waals surface area contributed by atoms with Gasteiger partial charge in [-0.1, -0.05) is 19.1 Å². The van der Waals surface area contributed by atoms with E-state index < -0.39 is 0 Å². The Morgan fingerprint density at radius 1 is 1.18 bits per heavy atom. The molecule has 0 amide bonds. The first kappa shape index (κ1) is 14.0. The van der Waals surface area contributed by atoms with E-state index in [9.17, 15) is 0 Å². The minimum absolute atomic E-state index is 0.247. The predicted octanol–water partition coefficient (Wildman–Crippen LogP) is 2.77. The lowest BCUT2D eigenvalue weighted by Crippen LogP contribution is -2.21. The Morgan fingerprint density at radius 2 is 1.88 bits per heavy atom. The highest BCUT2D eigenvalue weighted by molar-refractivity contribution is 5.29. The van der Waals surface area contributed by atoms with Gasteiger partial charge in [0.05, 0.1) is 19.3 Å². The van der Waals surface area contributed by atoms with Crippen LogP contribution in [0.3, 0.4) is 0 Å². The summed E-state index contributed by atoms with van der Waals surface area (Å²) in [7, 11) is 1.95. The molecule has 0 heterocycles. The smallest absolute Gasteiger partial charge is 0.119 e. The molecule has 0 spiro atoms. The first-order valence-corrected chi connectivity index (χ1v) is 6.29. The highest BCUT2D eigenvalue weighted by atomic mass is 16.5. The van der Waals surface area contributed by atoms with Gasteiger partial charge in [-0.15, -0.1) is 0 Å². The fraction of sp³-hybridized carbons (Fsp3) is 0.571. The topological polar surface area (TPSA) is 30.5 Å². The van der Waals surface area contributed by atoms with Gasteiger partial charge < -0.3 is 14.8 Å². The van der Waals surface area contributed by atoms with Crippen molar-refractivity contribution in [2.45, 2.75) is 26.3 Å². The van der Waals surface area contributed by atoms with Gasteiger partial charge in [0.25, 0.3) is 0 Å². The zero-order chi connectivity index (χ0) is 12.5. The lowest BCUT2D eigenvalue weighted by molar-refractivity contribution is 0.114. The van der Waals surface area contributed by atoms with Gasteiger partial charge in [-0.2, -0.15) is 0 Å². The van der Waals surface area contributed by atoms with E-state index in [0.717, 1.165) is 18.8 Å². The molecule has 0 aliphatic heterocycles. The highest BCUT2D eigenvalue weighted by Crippen LogP contribution is 2.18. The Bertz CT molecular complexity index is 298. The van der Waals surface area contributed by atoms with Crippen molar-refractivity contribution in [1.82, 2.24) is 5.32 Å². The summed E-state index contributed by atoms with van der Waals surface area (Å²) in [6.07, 6.45) is 1.06. The number of ether oxygens (including phenoxy) is 2. The van der Waals surface area contributed by atoms with E-state index in [0.29, 0.717) is 13.2 Å². The number of likely N-dealkylation sites (N-methyl/N-ethyl adjacent to an activating group) is 1. The second-order valence-electron chi connectivity index (χ2n) is 3.92. The lowest BCUT2D eigenvalue weighted by Gasteiger charge is -2.17. The average Bonchev–Trinajstić information content (AvgIpc) is 2.36. The Hall–Kier alpha value is -1.06. The Balaban J connectivity index is 2.55. The lowest BCUT2D eigenvalue weighted by atomic mass is 10.1. The van der Waals surface area contributed by atoms with Crippen LogP contribution in [0.15, 0.2) is 24.3 Å². The molecule has 0 aliphatic carbocycles. The van der Waals surface area contributed by atoms with Gasteiger partial charge in [-0.05, 0) is 38.1 Å². The standard InChI is InChI=1S/C14H23NO2/c1-4-10-16-11-14(15-3)12-6-8-13(9-7-12)17-5-2/h6-9,14-15H,4-5,10-11H2,1-3H3. The fourth-order valence-electron chi connectivity index (χ4n) is 1.65. The van der Waals surface area contributed by atoms with Gasteiger partial charge in [0.2, 0.25) is 0 Å². The van der Waals surface area contributed by atoms with E-state index in [2.05, 4.69) is 24.4 Å². The molecule has 1 aromatic rings. The summed E-state index contributed by atoms with van der Waals surface area (Å²) in [4.78, 5) is 0. The number of benzene rings is 1. The molecule has 1 N–H and O–H groups in total. The Kier molecular flexibility index (Phi) is 6.67. The van der Waals surface area contributed by atoms with Crippen molar-refractivity contribution >= 4 is 0 Å². The second-order valence-corrected chi connectivity index (χ2v) is 3.92. The summed E-state index contributed by atoms with van der Waals surface area (Å²) in [5.41, 5.74) is 1.23. The Morgan fingerprint density at radius 3 is 2.41 bits per heavy atom. The molecule has 0 aromatic heterocycles. The number of hydrogen-bond donors (Lipinski definition) is 1. The summed E-state index contributed by atoms with van der Waals surface area (Å²) in [5.74, 6) is 0.917. The van der Waals surface area contributed by atoms with Crippen LogP contribution in [0.5, 0.6) is 5.75 Å². The zero-order valence-electron chi connectivity index (χ0n) is 11.0. The van der Waals surface area contributed by atoms with Crippen molar-refractivity contribution in [1.29, 1.82) is 0 Å². The minimum Gasteiger partial charge on any atom is -0.494 e. The molecule has 0 saturated carbocycles. The zero-order valence-corrected chi connectivity index (χ0v) is 11.0. The number of rotatable bonds is 8. The molecular formula is C14H23NO2. The van der Waals surface area contributed by atoms with Gasteiger partial charge in [-0.25, -0.2) is 0 Å². The van der Waals surface area contributed by atoms with Gasteiger partial charge in [-0.3, -0.25) is 0 Å². The third-order valence-corrected chi connectivity index (χ3v) is 2.57. The van der Waals surface area contributed by atoms with E-state index in [1.165, 1.54) is 5.56 Å². The molecule has 1 rings (SSSR count). The third-order valence-electron chi connectivity index (χ3n) is 2.57. The van der Waals surface area contributed by atoms with E-state index >= 15 is 0 Å². The average molecular weight is 237 g/mol. The second kappa shape index (κ2) is 8.09. The van der Waals surface area contributed by atoms with Crippen molar-refractivity contribution < 1.29 is 9.47 Å². The number of hydrogen-bond acceptors (Lipinski definition) is 3. The van der Waals surface area contributed by atoms with Gasteiger partial charge in [0.15, 0.2) is 0 Å². The van der Waals surface area contributed by atoms with Crippen LogP contribution in [0.2, 0.25) is 0 Å². The SMILES string of the molecule is CCCOCC(NC)c1ccc(OCC)cc1. The van der Waals surface area contributed by atoms with Crippen LogP contribution in [-0.2, 0) is 4.74 Å². The first-order chi connectivity index (χ1) is 8.31. The van der Waals surface area contributed by atoms with Crippen molar-refractivity contribution in [2.75, 3.05) is 26.9 Å². The molecule has 3 nitrogen and oxygen atoms in total. The van der Waals surface area contributed by atoms with Crippen LogP contribution in [0.4, 0.5) is 0 Å². The maximum atomic E-state index is 5.57. The maximum absolute atomic E-state index is 5.57. The maximum Gasteiger partial charge on any atom is 0.119 e. The highest BCUT2D eigenvalue weighted by Gasteiger charge is 2.08. The molecule has 1 atom stereocenters. The monoisotopic (exact) mass is 237 g/mol. The molecule has 96 valence electrons. The van der Waals surface area contributed by atoms with E-state index in [-0.39, 0.29) is 6.04 Å². The molecule has 0 radical (unpaired) electrons. The first-order valence-electron chi connectivity index (χ1n) is 6.29. The predicted molar refractivity (Wildman–Crippen MR) is 70.5 cm³/mol. The van der Waals surface area contributed by atoms with E-state index in [1.54, 1.807) is 0 Å². The number of nitrogens with one attached hydrogen (secondary N) is 1. The van der Waals surface area contributed by atoms with E-state index in [4.69, 9.17) is 9.47 Å². The van der Waals surface area contributed by atoms with Crippen LogP contribution in [-0.4, -0.2) is 26.9 Å². The van der Waals surface area contributed by atoms with Crippen LogP contribution in [0.1, 0.15) is 31.9 Å². The Labute approximate surface area is 104 Å². The molecule has 3 heteroatoms. The van der Waals surface area contributed by atoms with Crippen LogP contribution in [0, 0.1) is 0 Å². The van der Waals surface area contributed by atoms with Crippen LogP contribution >= 0.6 is 0 Å². The molecule has 17 heavy (non-hydrogen) atoms. The van der Waals surface area contributed by atoms with Gasteiger partial charge in [0, 0.05) is 6.61 Å². The summed E-state index contributed by atoms with van der Waals surface area (Å²) in [6, 6.07) is 8.42. The molecule has 0 bridgehead atoms. The van der Waals surface area contributed by atoms with E-state index in [1.807, 2.05) is 26.1 Å². The van der Waals surface area contributed by atoms with Crippen molar-refractivity contribution in [3.8, 4) is 5.75 Å². The molecule has 1 aromatic carbocycles. The molecule has 0 fully saturated rings. The molecule has 0 saturated heterocycles. The molecule has 0 aliphatic rings. The van der Waals surface area contributed by atoms with Crippen LogP contribution < -0.4 is 10.1 Å². The molecule has 1 unspecified atom stereocenters. The molecular weight excluding hydrogens is 214 g/mol. The normalized spacial score (nSPS) is 12.4. The quantitative estimate of drug-likeness (QED) is 0.705. The van der Waals surface area contributed by atoms with Crippen molar-refractivity contribution in [2.24, 2.45) is 0 Å². The summed E-state index contributed by atoms with van der Waals surface area (Å²) in [5, 5.41) is 3.26.